The quantitative estimate of drug-likeness (QED) is 0.418. The van der Waals surface area contributed by atoms with E-state index in [1.54, 1.807) is 7.11 Å². The number of nitrogens with two attached hydrogens (primary N) is 1. The van der Waals surface area contributed by atoms with Crippen molar-refractivity contribution in [1.82, 2.24) is 5.43 Å². The van der Waals surface area contributed by atoms with Gasteiger partial charge in [0.15, 0.2) is 0 Å². The van der Waals surface area contributed by atoms with Crippen LogP contribution in [0.2, 0.25) is 0 Å². The summed E-state index contributed by atoms with van der Waals surface area (Å²) in [6.45, 7) is 6.30. The minimum absolute atomic E-state index is 0.00188. The van der Waals surface area contributed by atoms with E-state index in [-0.39, 0.29) is 5.41 Å². The van der Waals surface area contributed by atoms with Crippen molar-refractivity contribution in [3.63, 3.8) is 0 Å². The SMILES string of the molecule is COc1ccc(C(C)(C)C)cc1NC(=O)NN. The topological polar surface area (TPSA) is 76.4 Å². The number of hydrazine groups is 1. The Labute approximate surface area is 101 Å². The fraction of sp³-hybridized carbons (Fsp3) is 0.417. The van der Waals surface area contributed by atoms with Crippen molar-refractivity contribution in [1.29, 1.82) is 0 Å². The molecule has 0 unspecified atom stereocenters. The Morgan fingerprint density at radius 3 is 2.47 bits per heavy atom. The van der Waals surface area contributed by atoms with Gasteiger partial charge in [0.1, 0.15) is 5.75 Å². The first kappa shape index (κ1) is 13.3. The second-order valence-corrected chi connectivity index (χ2v) is 4.76. The van der Waals surface area contributed by atoms with E-state index in [1.807, 2.05) is 23.6 Å². The van der Waals surface area contributed by atoms with Gasteiger partial charge >= 0.3 is 6.03 Å². The van der Waals surface area contributed by atoms with Gasteiger partial charge in [-0.2, -0.15) is 0 Å². The molecule has 0 heterocycles. The predicted molar refractivity (Wildman–Crippen MR) is 68.0 cm³/mol. The normalized spacial score (nSPS) is 10.9. The number of benzene rings is 1. The molecule has 0 saturated heterocycles. The summed E-state index contributed by atoms with van der Waals surface area (Å²) >= 11 is 0. The Kier molecular flexibility index (Phi) is 3.96. The number of hydrogen-bond donors (Lipinski definition) is 3. The van der Waals surface area contributed by atoms with Gasteiger partial charge in [-0.1, -0.05) is 26.8 Å². The van der Waals surface area contributed by atoms with Crippen LogP contribution in [-0.2, 0) is 5.41 Å². The molecule has 1 aromatic rings. The molecule has 0 fully saturated rings. The average Bonchev–Trinajstić information content (AvgIpc) is 2.27. The molecular formula is C12H19N3O2. The third kappa shape index (κ3) is 3.35. The van der Waals surface area contributed by atoms with Crippen molar-refractivity contribution < 1.29 is 9.53 Å². The third-order valence-electron chi connectivity index (χ3n) is 2.44. The number of rotatable bonds is 2. The molecule has 0 bridgehead atoms. The average molecular weight is 237 g/mol. The highest BCUT2D eigenvalue weighted by Crippen LogP contribution is 2.31. The van der Waals surface area contributed by atoms with Crippen LogP contribution in [-0.4, -0.2) is 13.1 Å². The van der Waals surface area contributed by atoms with Crippen LogP contribution in [0.5, 0.6) is 5.75 Å². The number of methoxy groups -OCH3 is 1. The van der Waals surface area contributed by atoms with Crippen LogP contribution in [0.15, 0.2) is 18.2 Å². The third-order valence-corrected chi connectivity index (χ3v) is 2.44. The molecule has 5 nitrogen and oxygen atoms in total. The van der Waals surface area contributed by atoms with E-state index < -0.39 is 6.03 Å². The molecule has 94 valence electrons. The molecule has 0 aliphatic heterocycles. The van der Waals surface area contributed by atoms with Gasteiger partial charge in [-0.05, 0) is 23.1 Å². The first-order valence-corrected chi connectivity index (χ1v) is 5.34. The smallest absolute Gasteiger partial charge is 0.333 e. The van der Waals surface area contributed by atoms with Gasteiger partial charge in [-0.15, -0.1) is 0 Å². The van der Waals surface area contributed by atoms with E-state index in [0.717, 1.165) is 5.56 Å². The van der Waals surface area contributed by atoms with Crippen LogP contribution in [0.3, 0.4) is 0 Å². The van der Waals surface area contributed by atoms with E-state index in [4.69, 9.17) is 10.6 Å². The molecule has 0 radical (unpaired) electrons. The van der Waals surface area contributed by atoms with Crippen LogP contribution in [0.4, 0.5) is 10.5 Å². The predicted octanol–water partition coefficient (Wildman–Crippen LogP) is 1.99. The number of carbonyl (C=O) groups is 1. The zero-order valence-corrected chi connectivity index (χ0v) is 10.6. The summed E-state index contributed by atoms with van der Waals surface area (Å²) in [5.74, 6) is 5.63. The number of carbonyl (C=O) groups excluding carboxylic acids is 1. The van der Waals surface area contributed by atoms with Crippen molar-refractivity contribution >= 4 is 11.7 Å². The van der Waals surface area contributed by atoms with E-state index in [0.29, 0.717) is 11.4 Å². The Hall–Kier alpha value is -1.75. The summed E-state index contributed by atoms with van der Waals surface area (Å²) in [5, 5.41) is 2.62. The van der Waals surface area contributed by atoms with Crippen LogP contribution in [0, 0.1) is 0 Å². The fourth-order valence-corrected chi connectivity index (χ4v) is 1.43. The molecule has 0 saturated carbocycles. The largest absolute Gasteiger partial charge is 0.495 e. The zero-order chi connectivity index (χ0) is 13.1. The first-order valence-electron chi connectivity index (χ1n) is 5.34. The molecule has 1 aromatic carbocycles. The summed E-state index contributed by atoms with van der Waals surface area (Å²) in [6.07, 6.45) is 0. The van der Waals surface area contributed by atoms with Crippen LogP contribution in [0.1, 0.15) is 26.3 Å². The molecule has 0 aromatic heterocycles. The number of hydrogen-bond acceptors (Lipinski definition) is 3. The summed E-state index contributed by atoms with van der Waals surface area (Å²) in [4.78, 5) is 11.2. The standard InChI is InChI=1S/C12H19N3O2/c1-12(2,3)8-5-6-10(17-4)9(7-8)14-11(16)15-13/h5-7H,13H2,1-4H3,(H2,14,15,16). The lowest BCUT2D eigenvalue weighted by molar-refractivity contribution is 0.252. The van der Waals surface area contributed by atoms with Gasteiger partial charge in [0.2, 0.25) is 0 Å². The Balaban J connectivity index is 3.11. The maximum absolute atomic E-state index is 11.2. The monoisotopic (exact) mass is 237 g/mol. The molecule has 17 heavy (non-hydrogen) atoms. The van der Waals surface area contributed by atoms with Crippen LogP contribution >= 0.6 is 0 Å². The number of urea groups is 1. The van der Waals surface area contributed by atoms with Crippen LogP contribution < -0.4 is 21.3 Å². The van der Waals surface area contributed by atoms with Gasteiger partial charge in [-0.25, -0.2) is 10.6 Å². The maximum atomic E-state index is 11.2. The lowest BCUT2D eigenvalue weighted by Crippen LogP contribution is -2.34. The minimum atomic E-state index is -0.477. The molecular weight excluding hydrogens is 218 g/mol. The van der Waals surface area contributed by atoms with Crippen molar-refractivity contribution in [3.05, 3.63) is 23.8 Å². The lowest BCUT2D eigenvalue weighted by atomic mass is 9.87. The van der Waals surface area contributed by atoms with Crippen molar-refractivity contribution in [2.45, 2.75) is 26.2 Å². The van der Waals surface area contributed by atoms with Gasteiger partial charge < -0.3 is 10.1 Å². The summed E-state index contributed by atoms with van der Waals surface area (Å²) in [5.41, 5.74) is 3.72. The van der Waals surface area contributed by atoms with Gasteiger partial charge in [-0.3, -0.25) is 5.43 Å². The molecule has 0 spiro atoms. The fourth-order valence-electron chi connectivity index (χ4n) is 1.43. The molecule has 5 heteroatoms. The first-order chi connectivity index (χ1) is 7.88. The molecule has 2 amide bonds. The van der Waals surface area contributed by atoms with E-state index in [2.05, 4.69) is 26.1 Å². The van der Waals surface area contributed by atoms with Gasteiger partial charge in [0.25, 0.3) is 0 Å². The number of nitrogens with one attached hydrogen (secondary N) is 2. The summed E-state index contributed by atoms with van der Waals surface area (Å²) in [6, 6.07) is 5.21. The van der Waals surface area contributed by atoms with Crippen LogP contribution in [0.25, 0.3) is 0 Å². The second kappa shape index (κ2) is 5.05. The molecule has 0 atom stereocenters. The molecule has 1 rings (SSSR count). The second-order valence-electron chi connectivity index (χ2n) is 4.76. The highest BCUT2D eigenvalue weighted by atomic mass is 16.5. The Morgan fingerprint density at radius 1 is 1.35 bits per heavy atom. The maximum Gasteiger partial charge on any atom is 0.333 e. The lowest BCUT2D eigenvalue weighted by Gasteiger charge is -2.21. The van der Waals surface area contributed by atoms with E-state index in [1.165, 1.54) is 0 Å². The zero-order valence-electron chi connectivity index (χ0n) is 10.6. The van der Waals surface area contributed by atoms with E-state index >= 15 is 0 Å². The van der Waals surface area contributed by atoms with E-state index in [9.17, 15) is 4.79 Å². The highest BCUT2D eigenvalue weighted by molar-refractivity contribution is 5.90. The number of ether oxygens (including phenoxy) is 1. The minimum Gasteiger partial charge on any atom is -0.495 e. The number of anilines is 1. The van der Waals surface area contributed by atoms with Crippen molar-refractivity contribution in [3.8, 4) is 5.75 Å². The van der Waals surface area contributed by atoms with Crippen molar-refractivity contribution in [2.24, 2.45) is 5.84 Å². The molecule has 0 aliphatic rings. The Bertz CT molecular complexity index is 411. The highest BCUT2D eigenvalue weighted by Gasteiger charge is 2.16. The summed E-state index contributed by atoms with van der Waals surface area (Å²) < 4.78 is 5.18. The Morgan fingerprint density at radius 2 is 2.00 bits per heavy atom. The molecule has 0 aliphatic carbocycles. The van der Waals surface area contributed by atoms with Gasteiger partial charge in [0, 0.05) is 0 Å². The molecule has 4 N–H and O–H groups in total. The summed E-state index contributed by atoms with van der Waals surface area (Å²) in [7, 11) is 1.55. The number of amides is 2. The van der Waals surface area contributed by atoms with Crippen molar-refractivity contribution in [2.75, 3.05) is 12.4 Å². The van der Waals surface area contributed by atoms with Gasteiger partial charge in [0.05, 0.1) is 12.8 Å².